The Balaban J connectivity index is 1.88. The highest BCUT2D eigenvalue weighted by Crippen LogP contribution is 2.55. The molecule has 0 aliphatic carbocycles. The molecule has 0 amide bonds. The van der Waals surface area contributed by atoms with Crippen LogP contribution in [-0.4, -0.2) is 6.54 Å². The van der Waals surface area contributed by atoms with Crippen molar-refractivity contribution in [1.82, 2.24) is 0 Å². The van der Waals surface area contributed by atoms with Gasteiger partial charge in [0.15, 0.2) is 0 Å². The molecule has 112 valence electrons. The SMILES string of the molecule is c1ccc(C23CCCN2c2ccccc2-c2ccccc23)cc1. The van der Waals surface area contributed by atoms with Crippen LogP contribution in [0.4, 0.5) is 5.69 Å². The lowest BCUT2D eigenvalue weighted by Gasteiger charge is -2.46. The van der Waals surface area contributed by atoms with Gasteiger partial charge >= 0.3 is 0 Å². The van der Waals surface area contributed by atoms with Crippen molar-refractivity contribution in [1.29, 1.82) is 0 Å². The molecule has 3 aromatic carbocycles. The maximum absolute atomic E-state index is 2.64. The molecule has 3 aromatic rings. The molecule has 1 saturated heterocycles. The van der Waals surface area contributed by atoms with Gasteiger partial charge in [-0.1, -0.05) is 72.8 Å². The molecule has 1 unspecified atom stereocenters. The van der Waals surface area contributed by atoms with Gasteiger partial charge in [-0.15, -0.1) is 0 Å². The summed E-state index contributed by atoms with van der Waals surface area (Å²) in [5, 5.41) is 0. The Bertz CT molecular complexity index is 868. The average Bonchev–Trinajstić information content (AvgIpc) is 3.09. The monoisotopic (exact) mass is 297 g/mol. The van der Waals surface area contributed by atoms with E-state index in [1.807, 2.05) is 0 Å². The molecule has 5 rings (SSSR count). The van der Waals surface area contributed by atoms with Gasteiger partial charge in [0.2, 0.25) is 0 Å². The second-order valence-electron chi connectivity index (χ2n) is 6.54. The summed E-state index contributed by atoms with van der Waals surface area (Å²) in [6.45, 7) is 1.13. The topological polar surface area (TPSA) is 3.24 Å². The summed E-state index contributed by atoms with van der Waals surface area (Å²) < 4.78 is 0. The lowest BCUT2D eigenvalue weighted by atomic mass is 9.74. The Labute approximate surface area is 137 Å². The highest BCUT2D eigenvalue weighted by atomic mass is 15.2. The van der Waals surface area contributed by atoms with Crippen molar-refractivity contribution in [3.8, 4) is 11.1 Å². The third kappa shape index (κ3) is 1.62. The second-order valence-corrected chi connectivity index (χ2v) is 6.54. The molecule has 0 bridgehead atoms. The molecule has 0 aromatic heterocycles. The first-order chi connectivity index (χ1) is 11.4. The Morgan fingerprint density at radius 1 is 0.696 bits per heavy atom. The van der Waals surface area contributed by atoms with Crippen molar-refractivity contribution in [3.63, 3.8) is 0 Å². The molecular weight excluding hydrogens is 278 g/mol. The number of rotatable bonds is 1. The molecule has 1 nitrogen and oxygen atoms in total. The smallest absolute Gasteiger partial charge is 0.0913 e. The van der Waals surface area contributed by atoms with Gasteiger partial charge in [-0.25, -0.2) is 0 Å². The molecule has 2 heterocycles. The Kier molecular flexibility index (Phi) is 2.66. The molecule has 0 spiro atoms. The molecule has 0 N–H and O–H groups in total. The van der Waals surface area contributed by atoms with E-state index in [9.17, 15) is 0 Å². The van der Waals surface area contributed by atoms with Crippen molar-refractivity contribution >= 4 is 5.69 Å². The van der Waals surface area contributed by atoms with Gasteiger partial charge in [0.05, 0.1) is 5.54 Å². The lowest BCUT2D eigenvalue weighted by Crippen LogP contribution is -2.45. The van der Waals surface area contributed by atoms with Crippen LogP contribution in [-0.2, 0) is 5.54 Å². The third-order valence-electron chi connectivity index (χ3n) is 5.49. The van der Waals surface area contributed by atoms with E-state index in [0.29, 0.717) is 0 Å². The molecular formula is C22H19N. The molecule has 1 fully saturated rings. The minimum absolute atomic E-state index is 0.00773. The van der Waals surface area contributed by atoms with Crippen LogP contribution in [0.1, 0.15) is 24.0 Å². The zero-order valence-corrected chi connectivity index (χ0v) is 13.1. The van der Waals surface area contributed by atoms with Crippen molar-refractivity contribution in [3.05, 3.63) is 90.0 Å². The maximum Gasteiger partial charge on any atom is 0.0913 e. The van der Waals surface area contributed by atoms with Crippen LogP contribution >= 0.6 is 0 Å². The Hall–Kier alpha value is -2.54. The van der Waals surface area contributed by atoms with Crippen LogP contribution in [0, 0.1) is 0 Å². The van der Waals surface area contributed by atoms with E-state index in [1.165, 1.54) is 40.8 Å². The fourth-order valence-corrected chi connectivity index (χ4v) is 4.61. The number of anilines is 1. The van der Waals surface area contributed by atoms with E-state index in [1.54, 1.807) is 0 Å². The highest BCUT2D eigenvalue weighted by Gasteiger charge is 2.48. The summed E-state index contributed by atoms with van der Waals surface area (Å²) in [6.07, 6.45) is 2.42. The fourth-order valence-electron chi connectivity index (χ4n) is 4.61. The first-order valence-corrected chi connectivity index (χ1v) is 8.43. The second kappa shape index (κ2) is 4.73. The lowest BCUT2D eigenvalue weighted by molar-refractivity contribution is 0.533. The summed E-state index contributed by atoms with van der Waals surface area (Å²) in [5.41, 5.74) is 7.02. The summed E-state index contributed by atoms with van der Waals surface area (Å²) in [4.78, 5) is 2.64. The third-order valence-corrected chi connectivity index (χ3v) is 5.49. The standard InChI is InChI=1S/C22H19N/c1-2-9-17(10-3-1)22-15-8-16-23(22)21-14-7-5-12-19(21)18-11-4-6-13-20(18)22/h1-7,9-14H,8,15-16H2. The molecule has 0 radical (unpaired) electrons. The van der Waals surface area contributed by atoms with Gasteiger partial charge in [-0.2, -0.15) is 0 Å². The van der Waals surface area contributed by atoms with Gasteiger partial charge in [0.1, 0.15) is 0 Å². The van der Waals surface area contributed by atoms with Crippen LogP contribution in [0.5, 0.6) is 0 Å². The van der Waals surface area contributed by atoms with Gasteiger partial charge in [-0.3, -0.25) is 0 Å². The molecule has 23 heavy (non-hydrogen) atoms. The Morgan fingerprint density at radius 3 is 2.26 bits per heavy atom. The van der Waals surface area contributed by atoms with Crippen LogP contribution < -0.4 is 4.90 Å². The minimum Gasteiger partial charge on any atom is -0.357 e. The van der Waals surface area contributed by atoms with Crippen molar-refractivity contribution in [2.45, 2.75) is 18.4 Å². The van der Waals surface area contributed by atoms with Crippen LogP contribution in [0.15, 0.2) is 78.9 Å². The van der Waals surface area contributed by atoms with Crippen molar-refractivity contribution in [2.24, 2.45) is 0 Å². The van der Waals surface area contributed by atoms with Crippen LogP contribution in [0.2, 0.25) is 0 Å². The highest BCUT2D eigenvalue weighted by molar-refractivity contribution is 5.87. The quantitative estimate of drug-likeness (QED) is 0.596. The zero-order valence-electron chi connectivity index (χ0n) is 13.1. The zero-order chi connectivity index (χ0) is 15.3. The number of benzene rings is 3. The van der Waals surface area contributed by atoms with Gasteiger partial charge < -0.3 is 4.90 Å². The fraction of sp³-hybridized carbons (Fsp3) is 0.182. The van der Waals surface area contributed by atoms with E-state index in [-0.39, 0.29) is 5.54 Å². The van der Waals surface area contributed by atoms with Crippen molar-refractivity contribution in [2.75, 3.05) is 11.4 Å². The molecule has 2 aliphatic rings. The van der Waals surface area contributed by atoms with E-state index < -0.39 is 0 Å². The summed E-state index contributed by atoms with van der Waals surface area (Å²) >= 11 is 0. The number of hydrogen-bond donors (Lipinski definition) is 0. The molecule has 1 heteroatoms. The maximum atomic E-state index is 2.64. The van der Waals surface area contributed by atoms with Gasteiger partial charge in [-0.05, 0) is 35.6 Å². The van der Waals surface area contributed by atoms with Crippen LogP contribution in [0.3, 0.4) is 0 Å². The minimum atomic E-state index is -0.00773. The van der Waals surface area contributed by atoms with E-state index in [4.69, 9.17) is 0 Å². The van der Waals surface area contributed by atoms with Gasteiger partial charge in [0, 0.05) is 17.8 Å². The normalized spacial score (nSPS) is 21.5. The molecule has 2 aliphatic heterocycles. The summed E-state index contributed by atoms with van der Waals surface area (Å²) in [6, 6.07) is 28.9. The summed E-state index contributed by atoms with van der Waals surface area (Å²) in [7, 11) is 0. The predicted molar refractivity (Wildman–Crippen MR) is 95.7 cm³/mol. The van der Waals surface area contributed by atoms with E-state index in [2.05, 4.69) is 83.8 Å². The largest absolute Gasteiger partial charge is 0.357 e. The molecule has 0 saturated carbocycles. The first kappa shape index (κ1) is 13.0. The number of fused-ring (bicyclic) bond motifs is 6. The average molecular weight is 297 g/mol. The number of hydrogen-bond acceptors (Lipinski definition) is 1. The Morgan fingerprint density at radius 2 is 1.39 bits per heavy atom. The van der Waals surface area contributed by atoms with Crippen molar-refractivity contribution < 1.29 is 0 Å². The predicted octanol–water partition coefficient (Wildman–Crippen LogP) is 5.21. The first-order valence-electron chi connectivity index (χ1n) is 8.43. The van der Waals surface area contributed by atoms with E-state index >= 15 is 0 Å². The molecule has 1 atom stereocenters. The number of nitrogens with zero attached hydrogens (tertiary/aromatic N) is 1. The van der Waals surface area contributed by atoms with Gasteiger partial charge in [0.25, 0.3) is 0 Å². The van der Waals surface area contributed by atoms with Crippen LogP contribution in [0.25, 0.3) is 11.1 Å². The number of para-hydroxylation sites is 1. The summed E-state index contributed by atoms with van der Waals surface area (Å²) in [5.74, 6) is 0. The van der Waals surface area contributed by atoms with E-state index in [0.717, 1.165) is 6.54 Å².